The van der Waals surface area contributed by atoms with Crippen LogP contribution in [0.3, 0.4) is 0 Å². The third-order valence-electron chi connectivity index (χ3n) is 3.11. The van der Waals surface area contributed by atoms with Crippen LogP contribution in [0.1, 0.15) is 19.8 Å². The average Bonchev–Trinajstić information content (AvgIpc) is 3.30. The number of nitrogens with zero attached hydrogens (tertiary/aromatic N) is 1. The Morgan fingerprint density at radius 1 is 1.17 bits per heavy atom. The van der Waals surface area contributed by atoms with Crippen LogP contribution in [0.4, 0.5) is 0 Å². The summed E-state index contributed by atoms with van der Waals surface area (Å²) in [6, 6.07) is 0. The molecule has 1 rings (SSSR count). The van der Waals surface area contributed by atoms with E-state index in [0.717, 1.165) is 19.4 Å². The SMILES string of the molecule is CCNC(=NCCOCCS(C)(=O)=O)NCCNC(=O)C1CC1. The normalized spacial score (nSPS) is 15.3. The molecule has 1 aliphatic rings. The van der Waals surface area contributed by atoms with Crippen LogP contribution in [-0.2, 0) is 19.4 Å². The molecule has 0 heterocycles. The predicted molar refractivity (Wildman–Crippen MR) is 90.2 cm³/mol. The minimum absolute atomic E-state index is 0.0235. The summed E-state index contributed by atoms with van der Waals surface area (Å²) in [6.07, 6.45) is 3.19. The summed E-state index contributed by atoms with van der Waals surface area (Å²) >= 11 is 0. The fraction of sp³-hybridized carbons (Fsp3) is 0.857. The zero-order chi connectivity index (χ0) is 17.1. The number of rotatable bonds is 11. The summed E-state index contributed by atoms with van der Waals surface area (Å²) in [5, 5.41) is 9.09. The molecule has 134 valence electrons. The number of amides is 1. The van der Waals surface area contributed by atoms with E-state index in [2.05, 4.69) is 20.9 Å². The van der Waals surface area contributed by atoms with Gasteiger partial charge in [-0.25, -0.2) is 8.42 Å². The Kier molecular flexibility index (Phi) is 8.93. The molecule has 0 aliphatic heterocycles. The number of hydrogen-bond acceptors (Lipinski definition) is 5. The van der Waals surface area contributed by atoms with Crippen molar-refractivity contribution < 1.29 is 17.9 Å². The van der Waals surface area contributed by atoms with Crippen LogP contribution in [0.5, 0.6) is 0 Å². The highest BCUT2D eigenvalue weighted by atomic mass is 32.2. The maximum absolute atomic E-state index is 11.5. The number of nitrogens with one attached hydrogen (secondary N) is 3. The summed E-state index contributed by atoms with van der Waals surface area (Å²) < 4.78 is 27.1. The largest absolute Gasteiger partial charge is 0.378 e. The topological polar surface area (TPSA) is 109 Å². The van der Waals surface area contributed by atoms with Gasteiger partial charge in [0.25, 0.3) is 0 Å². The van der Waals surface area contributed by atoms with Crippen molar-refractivity contribution in [2.24, 2.45) is 10.9 Å². The molecule has 0 aromatic heterocycles. The molecule has 0 unspecified atom stereocenters. The Balaban J connectivity index is 2.12. The summed E-state index contributed by atoms with van der Waals surface area (Å²) in [4.78, 5) is 15.8. The van der Waals surface area contributed by atoms with Crippen LogP contribution >= 0.6 is 0 Å². The minimum Gasteiger partial charge on any atom is -0.378 e. The molecule has 0 bridgehead atoms. The third kappa shape index (κ3) is 10.9. The first-order valence-corrected chi connectivity index (χ1v) is 10.0. The van der Waals surface area contributed by atoms with Crippen molar-refractivity contribution in [3.8, 4) is 0 Å². The predicted octanol–water partition coefficient (Wildman–Crippen LogP) is -0.871. The quantitative estimate of drug-likeness (QED) is 0.254. The maximum atomic E-state index is 11.5. The van der Waals surface area contributed by atoms with Crippen molar-refractivity contribution >= 4 is 21.7 Å². The first kappa shape index (κ1) is 19.7. The van der Waals surface area contributed by atoms with Gasteiger partial charge in [-0.1, -0.05) is 0 Å². The number of hydrogen-bond donors (Lipinski definition) is 3. The van der Waals surface area contributed by atoms with Gasteiger partial charge in [0.15, 0.2) is 5.96 Å². The van der Waals surface area contributed by atoms with Crippen LogP contribution in [0.2, 0.25) is 0 Å². The fourth-order valence-corrected chi connectivity index (χ4v) is 2.15. The van der Waals surface area contributed by atoms with E-state index in [1.165, 1.54) is 6.26 Å². The van der Waals surface area contributed by atoms with Crippen molar-refractivity contribution in [3.05, 3.63) is 0 Å². The van der Waals surface area contributed by atoms with Gasteiger partial charge in [0.05, 0.1) is 25.5 Å². The van der Waals surface area contributed by atoms with Gasteiger partial charge < -0.3 is 20.7 Å². The molecule has 0 saturated heterocycles. The molecule has 1 amide bonds. The number of guanidine groups is 1. The second kappa shape index (κ2) is 10.4. The lowest BCUT2D eigenvalue weighted by Crippen LogP contribution is -2.42. The number of carbonyl (C=O) groups excluding carboxylic acids is 1. The van der Waals surface area contributed by atoms with E-state index in [1.807, 2.05) is 6.92 Å². The number of ether oxygens (including phenoxy) is 1. The highest BCUT2D eigenvalue weighted by Gasteiger charge is 2.28. The Hall–Kier alpha value is -1.35. The Morgan fingerprint density at radius 2 is 1.87 bits per heavy atom. The molecule has 3 N–H and O–H groups in total. The Bertz CT molecular complexity index is 489. The summed E-state index contributed by atoms with van der Waals surface area (Å²) in [5.74, 6) is 1.03. The highest BCUT2D eigenvalue weighted by Crippen LogP contribution is 2.28. The van der Waals surface area contributed by atoms with E-state index in [-0.39, 0.29) is 24.2 Å². The molecule has 0 spiro atoms. The first-order valence-electron chi connectivity index (χ1n) is 7.97. The van der Waals surface area contributed by atoms with Crippen molar-refractivity contribution in [3.63, 3.8) is 0 Å². The van der Waals surface area contributed by atoms with E-state index in [0.29, 0.717) is 32.2 Å². The van der Waals surface area contributed by atoms with Gasteiger partial charge in [-0.2, -0.15) is 0 Å². The van der Waals surface area contributed by atoms with Crippen molar-refractivity contribution in [1.29, 1.82) is 0 Å². The van der Waals surface area contributed by atoms with Gasteiger partial charge in [-0.15, -0.1) is 0 Å². The molecule has 8 nitrogen and oxygen atoms in total. The van der Waals surface area contributed by atoms with Crippen LogP contribution in [-0.4, -0.2) is 71.7 Å². The van der Waals surface area contributed by atoms with E-state index in [4.69, 9.17) is 4.74 Å². The lowest BCUT2D eigenvalue weighted by molar-refractivity contribution is -0.122. The second-order valence-electron chi connectivity index (χ2n) is 5.49. The van der Waals surface area contributed by atoms with E-state index >= 15 is 0 Å². The summed E-state index contributed by atoms with van der Waals surface area (Å²) in [7, 11) is -2.98. The number of aliphatic imine (C=N–C) groups is 1. The van der Waals surface area contributed by atoms with Crippen LogP contribution in [0, 0.1) is 5.92 Å². The zero-order valence-electron chi connectivity index (χ0n) is 13.9. The lowest BCUT2D eigenvalue weighted by Gasteiger charge is -2.11. The lowest BCUT2D eigenvalue weighted by atomic mass is 10.4. The van der Waals surface area contributed by atoms with Crippen LogP contribution in [0.25, 0.3) is 0 Å². The fourth-order valence-electron chi connectivity index (χ4n) is 1.73. The molecular formula is C14H28N4O4S. The van der Waals surface area contributed by atoms with Crippen LogP contribution in [0.15, 0.2) is 4.99 Å². The molecule has 0 aromatic rings. The zero-order valence-corrected chi connectivity index (χ0v) is 14.7. The summed E-state index contributed by atoms with van der Waals surface area (Å²) in [6.45, 7) is 4.84. The molecule has 9 heteroatoms. The number of sulfone groups is 1. The Labute approximate surface area is 138 Å². The van der Waals surface area contributed by atoms with Gasteiger partial charge in [0.1, 0.15) is 9.84 Å². The first-order chi connectivity index (χ1) is 10.9. The average molecular weight is 348 g/mol. The smallest absolute Gasteiger partial charge is 0.223 e. The molecule has 1 fully saturated rings. The highest BCUT2D eigenvalue weighted by molar-refractivity contribution is 7.90. The van der Waals surface area contributed by atoms with Gasteiger partial charge in [-0.3, -0.25) is 9.79 Å². The standard InChI is InChI=1S/C14H28N4O4S/c1-3-15-14(17-7-6-16-13(19)12-4-5-12)18-8-9-22-10-11-23(2,20)21/h12H,3-11H2,1-2H3,(H,16,19)(H2,15,17,18). The molecule has 1 saturated carbocycles. The monoisotopic (exact) mass is 348 g/mol. The van der Waals surface area contributed by atoms with Gasteiger partial charge >= 0.3 is 0 Å². The van der Waals surface area contributed by atoms with Crippen LogP contribution < -0.4 is 16.0 Å². The maximum Gasteiger partial charge on any atom is 0.223 e. The molecule has 0 atom stereocenters. The van der Waals surface area contributed by atoms with Crippen molar-refractivity contribution in [2.75, 3.05) is 51.4 Å². The molecule has 0 radical (unpaired) electrons. The summed E-state index contributed by atoms with van der Waals surface area (Å²) in [5.41, 5.74) is 0. The van der Waals surface area contributed by atoms with E-state index in [1.54, 1.807) is 0 Å². The minimum atomic E-state index is -2.98. The number of carbonyl (C=O) groups is 1. The van der Waals surface area contributed by atoms with Crippen molar-refractivity contribution in [1.82, 2.24) is 16.0 Å². The second-order valence-corrected chi connectivity index (χ2v) is 7.75. The molecule has 1 aliphatic carbocycles. The van der Waals surface area contributed by atoms with Gasteiger partial charge in [-0.05, 0) is 19.8 Å². The molecule has 0 aromatic carbocycles. The van der Waals surface area contributed by atoms with Gasteiger partial charge in [0.2, 0.25) is 5.91 Å². The third-order valence-corrected chi connectivity index (χ3v) is 4.02. The molecular weight excluding hydrogens is 320 g/mol. The Morgan fingerprint density at radius 3 is 2.48 bits per heavy atom. The van der Waals surface area contributed by atoms with E-state index < -0.39 is 9.84 Å². The van der Waals surface area contributed by atoms with E-state index in [9.17, 15) is 13.2 Å². The van der Waals surface area contributed by atoms with Gasteiger partial charge in [0, 0.05) is 31.8 Å². The van der Waals surface area contributed by atoms with Crippen molar-refractivity contribution in [2.45, 2.75) is 19.8 Å². The molecule has 23 heavy (non-hydrogen) atoms.